The molecular weight excluding hydrogens is 1000 g/mol. The Morgan fingerprint density at radius 1 is 0.472 bits per heavy atom. The van der Waals surface area contributed by atoms with E-state index in [1.54, 1.807) is 0 Å². The fourth-order valence-electron chi connectivity index (χ4n) is 11.3. The van der Waals surface area contributed by atoms with Crippen LogP contribution in [0.1, 0.15) is 77.6 Å². The van der Waals surface area contributed by atoms with E-state index in [4.69, 9.17) is 4.42 Å². The van der Waals surface area contributed by atoms with Crippen LogP contribution >= 0.6 is 0 Å². The molecule has 10 aromatic rings. The van der Waals surface area contributed by atoms with Gasteiger partial charge >= 0.3 is 275 Å². The summed E-state index contributed by atoms with van der Waals surface area (Å²) in [6, 6.07) is 64.7. The molecule has 0 N–H and O–H groups in total. The van der Waals surface area contributed by atoms with Crippen molar-refractivity contribution in [2.24, 2.45) is 0 Å². The zero-order valence-electron chi connectivity index (χ0n) is 44.8. The smallest absolute Gasteiger partial charge is 0.0377 e. The van der Waals surface area contributed by atoms with Gasteiger partial charge in [0.1, 0.15) is 0 Å². The zero-order chi connectivity index (χ0) is 50.9. The van der Waals surface area contributed by atoms with Crippen molar-refractivity contribution < 1.29 is 22.9 Å². The Balaban J connectivity index is 1.23. The Hall–Kier alpha value is -6.15. The average molecular weight is 1070 g/mol. The first-order chi connectivity index (χ1) is 34.0. The Labute approximate surface area is 433 Å². The van der Waals surface area contributed by atoms with Gasteiger partial charge in [0.2, 0.25) is 0 Å². The second kappa shape index (κ2) is 17.0. The van der Waals surface area contributed by atoms with Crippen LogP contribution in [0.4, 0.5) is 34.1 Å². The van der Waals surface area contributed by atoms with Crippen LogP contribution in [-0.4, -0.2) is 22.9 Å². The topological polar surface area (TPSA) is 19.6 Å². The van der Waals surface area contributed by atoms with E-state index < -0.39 is 26.5 Å². The molecule has 0 bridgehead atoms. The first-order valence-corrected chi connectivity index (χ1v) is 36.6. The van der Waals surface area contributed by atoms with Gasteiger partial charge in [0.15, 0.2) is 0 Å². The van der Waals surface area contributed by atoms with Crippen molar-refractivity contribution in [1.29, 1.82) is 0 Å². The van der Waals surface area contributed by atoms with Gasteiger partial charge in [-0.25, -0.2) is 0 Å². The van der Waals surface area contributed by atoms with Crippen LogP contribution in [0.3, 0.4) is 0 Å². The largest absolute Gasteiger partial charge is 0.0564 e. The molecule has 72 heavy (non-hydrogen) atoms. The third-order valence-electron chi connectivity index (χ3n) is 15.4. The molecule has 1 aliphatic rings. The molecule has 5 heteroatoms. The van der Waals surface area contributed by atoms with Crippen LogP contribution in [0.25, 0.3) is 54.6 Å². The predicted octanol–water partition coefficient (Wildman–Crippen LogP) is 15.5. The van der Waals surface area contributed by atoms with E-state index in [0.29, 0.717) is 0 Å². The van der Waals surface area contributed by atoms with E-state index >= 15 is 0 Å². The van der Waals surface area contributed by atoms with E-state index in [1.807, 2.05) is 0 Å². The number of alkyl halides is 3. The number of fused-ring (bicyclic) bond motifs is 12. The number of hydrogen-bond donors (Lipinski definition) is 0. The number of hydrogen-bond acceptors (Lipinski definition) is 3. The van der Waals surface area contributed by atoms with Gasteiger partial charge in [0, 0.05) is 11.4 Å². The van der Waals surface area contributed by atoms with Crippen LogP contribution in [0.2, 0.25) is 19.6 Å². The fourth-order valence-corrected chi connectivity index (χ4v) is 15.0. The van der Waals surface area contributed by atoms with Crippen molar-refractivity contribution in [3.8, 4) is 11.1 Å². The summed E-state index contributed by atoms with van der Waals surface area (Å²) in [4.78, 5) is 12.3. The molecule has 3 nitrogen and oxygen atoms in total. The molecule has 0 amide bonds. The maximum atomic E-state index is 7.61. The molecule has 0 fully saturated rings. The Morgan fingerprint density at radius 3 is 1.44 bits per heavy atom. The molecule has 1 heterocycles. The Bertz CT molecular complexity index is 3610. The van der Waals surface area contributed by atoms with Crippen molar-refractivity contribution in [2.45, 2.75) is 91.3 Å². The van der Waals surface area contributed by atoms with Crippen molar-refractivity contribution >= 4 is 90.9 Å². The van der Waals surface area contributed by atoms with Gasteiger partial charge in [-0.2, -0.15) is 0 Å². The number of furan rings is 1. The number of anilines is 6. The molecule has 0 radical (unpaired) electrons. The maximum Gasteiger partial charge on any atom is -0.0377 e. The summed E-state index contributed by atoms with van der Waals surface area (Å²) in [5, 5.41) is 8.88. The van der Waals surface area contributed by atoms with E-state index in [1.165, 1.54) is 63.7 Å². The van der Waals surface area contributed by atoms with Gasteiger partial charge < -0.3 is 0 Å². The SMILES string of the molecule is CC(C)(C)c1ccc(N(c2ccc([Si](C)(C)C)cc2)c2ccc3c(c2)oc2c(N(c4ccc(C(C)(C)C)cc4)c4ccc([I-](C)(C)C)cc4)cc4c(c23)-c2c(c3ccccc3c3ccccc23)C4(C)C)cc1. The third-order valence-corrected chi connectivity index (χ3v) is 21.9. The number of halogens is 1. The molecular formula is C67H70IN2OSi-. The Morgan fingerprint density at radius 2 is 0.931 bits per heavy atom. The first kappa shape index (κ1) is 48.1. The number of nitrogens with zero attached hydrogens (tertiary/aromatic N) is 2. The number of benzene rings is 9. The summed E-state index contributed by atoms with van der Waals surface area (Å²) < 4.78 is 9.09. The minimum absolute atomic E-state index is 0.0151. The van der Waals surface area contributed by atoms with Crippen LogP contribution in [-0.2, 0) is 16.2 Å². The van der Waals surface area contributed by atoms with E-state index in [2.05, 4.69) is 269 Å². The summed E-state index contributed by atoms with van der Waals surface area (Å²) in [6.45, 7) is 25.9. The van der Waals surface area contributed by atoms with Gasteiger partial charge in [-0.3, -0.25) is 0 Å². The predicted molar refractivity (Wildman–Crippen MR) is 313 cm³/mol. The van der Waals surface area contributed by atoms with Gasteiger partial charge in [0.05, 0.1) is 8.07 Å². The van der Waals surface area contributed by atoms with E-state index in [-0.39, 0.29) is 16.2 Å². The van der Waals surface area contributed by atoms with E-state index in [9.17, 15) is 0 Å². The maximum absolute atomic E-state index is 7.61. The second-order valence-electron chi connectivity index (χ2n) is 24.5. The van der Waals surface area contributed by atoms with Crippen LogP contribution in [0, 0.1) is 3.57 Å². The first-order valence-electron chi connectivity index (χ1n) is 25.6. The van der Waals surface area contributed by atoms with Gasteiger partial charge in [-0.15, -0.1) is 0 Å². The van der Waals surface area contributed by atoms with Gasteiger partial charge in [-0.05, 0) is 35.2 Å². The molecule has 1 aromatic heterocycles. The van der Waals surface area contributed by atoms with Crippen molar-refractivity contribution in [3.05, 3.63) is 196 Å². The third kappa shape index (κ3) is 8.06. The zero-order valence-corrected chi connectivity index (χ0v) is 48.0. The van der Waals surface area contributed by atoms with Crippen molar-refractivity contribution in [3.63, 3.8) is 0 Å². The fraction of sp³-hybridized carbons (Fsp3) is 0.254. The molecule has 0 atom stereocenters. The molecule has 366 valence electrons. The summed E-state index contributed by atoms with van der Waals surface area (Å²) in [6.07, 6.45) is 0. The summed E-state index contributed by atoms with van der Waals surface area (Å²) >= 11 is -2.06. The standard InChI is InChI=1S/C67H70IN2OSi/c1-65(2,3)43-23-29-46(30-24-43)69(47-35-38-51(39-36-47)72(12,13)14)50-37-40-56-59(41-50)71-64-58(70(48-31-25-44(26-32-48)66(4,5)6)49-33-27-45(28-34-49)68(9,10)11)42-57-62(61(56)64)60-54-21-17-15-19-52(54)53-20-16-18-22-55(53)63(60)67(57,7)8/h15-42H,1-14H3/q-1. The van der Waals surface area contributed by atoms with Crippen LogP contribution < -0.4 is 33.4 Å². The van der Waals surface area contributed by atoms with Crippen molar-refractivity contribution in [1.82, 2.24) is 0 Å². The van der Waals surface area contributed by atoms with Gasteiger partial charge in [0.25, 0.3) is 0 Å². The normalized spacial score (nSPS) is 14.0. The molecule has 0 saturated heterocycles. The quantitative estimate of drug-likeness (QED) is 0.0654. The van der Waals surface area contributed by atoms with E-state index in [0.717, 1.165) is 56.1 Å². The molecule has 0 saturated carbocycles. The molecule has 0 aliphatic heterocycles. The summed E-state index contributed by atoms with van der Waals surface area (Å²) in [7, 11) is -1.53. The molecule has 0 spiro atoms. The van der Waals surface area contributed by atoms with Gasteiger partial charge in [-0.1, -0.05) is 106 Å². The minimum Gasteiger partial charge on any atom is -0.0564 e. The molecule has 0 unspecified atom stereocenters. The Kier molecular flexibility index (Phi) is 11.3. The minimum atomic E-state index is -2.06. The average Bonchev–Trinajstić information content (AvgIpc) is 3.83. The number of rotatable bonds is 8. The van der Waals surface area contributed by atoms with Crippen LogP contribution in [0.5, 0.6) is 0 Å². The monoisotopic (exact) mass is 1070 g/mol. The summed E-state index contributed by atoms with van der Waals surface area (Å²) in [5.74, 6) is 0. The van der Waals surface area contributed by atoms with Crippen molar-refractivity contribution in [2.75, 3.05) is 24.6 Å². The molecule has 1 aliphatic carbocycles. The van der Waals surface area contributed by atoms with Crippen LogP contribution in [0.15, 0.2) is 174 Å². The molecule has 9 aromatic carbocycles. The molecule has 11 rings (SSSR count). The second-order valence-corrected chi connectivity index (χ2v) is 40.5. The summed E-state index contributed by atoms with van der Waals surface area (Å²) in [5.41, 5.74) is 15.9.